The molecule has 0 saturated heterocycles. The number of carboxylic acids is 1. The molecule has 0 fully saturated rings. The third-order valence-corrected chi connectivity index (χ3v) is 3.29. The van der Waals surface area contributed by atoms with Crippen LogP contribution in [0.5, 0.6) is 0 Å². The van der Waals surface area contributed by atoms with E-state index in [-0.39, 0.29) is 0 Å². The van der Waals surface area contributed by atoms with E-state index >= 15 is 0 Å². The average molecular weight is 234 g/mol. The lowest BCUT2D eigenvalue weighted by atomic mass is 9.84. The molecule has 0 bridgehead atoms. The Morgan fingerprint density at radius 2 is 2.29 bits per heavy atom. The zero-order valence-corrected chi connectivity index (χ0v) is 10.9. The van der Waals surface area contributed by atoms with E-state index in [2.05, 4.69) is 32.9 Å². The summed E-state index contributed by atoms with van der Waals surface area (Å²) in [6.07, 6.45) is 11.0. The van der Waals surface area contributed by atoms with E-state index in [0.717, 1.165) is 19.3 Å². The second-order valence-electron chi connectivity index (χ2n) is 5.06. The average Bonchev–Trinajstić information content (AvgIpc) is 2.28. The van der Waals surface area contributed by atoms with Crippen molar-refractivity contribution in [2.75, 3.05) is 0 Å². The van der Waals surface area contributed by atoms with Gasteiger partial charge in [-0.3, -0.25) is 0 Å². The van der Waals surface area contributed by atoms with Crippen LogP contribution in [0.15, 0.2) is 35.5 Å². The maximum atomic E-state index is 10.8. The van der Waals surface area contributed by atoms with Crippen molar-refractivity contribution in [2.45, 2.75) is 40.0 Å². The molecule has 1 aliphatic rings. The molecular weight excluding hydrogens is 212 g/mol. The van der Waals surface area contributed by atoms with Gasteiger partial charge in [0.15, 0.2) is 0 Å². The fraction of sp³-hybridized carbons (Fsp3) is 0.533. The molecule has 0 aliphatic heterocycles. The minimum atomic E-state index is -0.822. The Morgan fingerprint density at radius 1 is 1.59 bits per heavy atom. The number of hydrogen-bond acceptors (Lipinski definition) is 1. The van der Waals surface area contributed by atoms with Crippen molar-refractivity contribution in [3.8, 4) is 0 Å². The Labute approximate surface area is 104 Å². The largest absolute Gasteiger partial charge is 0.478 e. The molecule has 0 aromatic rings. The van der Waals surface area contributed by atoms with Crippen LogP contribution in [-0.2, 0) is 4.79 Å². The summed E-state index contributed by atoms with van der Waals surface area (Å²) < 4.78 is 0. The van der Waals surface area contributed by atoms with Crippen LogP contribution in [0, 0.1) is 11.8 Å². The molecule has 2 heteroatoms. The van der Waals surface area contributed by atoms with Gasteiger partial charge in [-0.2, -0.15) is 0 Å². The number of aliphatic carboxylic acids is 1. The van der Waals surface area contributed by atoms with E-state index in [1.807, 2.05) is 6.08 Å². The van der Waals surface area contributed by atoms with Gasteiger partial charge in [0, 0.05) is 0 Å². The molecular formula is C15H22O2. The summed E-state index contributed by atoms with van der Waals surface area (Å²) in [6, 6.07) is 0. The highest BCUT2D eigenvalue weighted by Crippen LogP contribution is 2.27. The number of allylic oxidation sites excluding steroid dienone is 4. The van der Waals surface area contributed by atoms with Gasteiger partial charge in [-0.1, -0.05) is 36.8 Å². The van der Waals surface area contributed by atoms with Crippen molar-refractivity contribution in [1.82, 2.24) is 0 Å². The summed E-state index contributed by atoms with van der Waals surface area (Å²) in [5, 5.41) is 8.84. The van der Waals surface area contributed by atoms with Gasteiger partial charge >= 0.3 is 5.97 Å². The molecule has 0 radical (unpaired) electrons. The third kappa shape index (κ3) is 4.59. The minimum absolute atomic E-state index is 0.428. The third-order valence-electron chi connectivity index (χ3n) is 3.29. The van der Waals surface area contributed by atoms with Crippen molar-refractivity contribution < 1.29 is 9.90 Å². The SMILES string of the molecule is CC(C)=CCC[C@H](C)[C@@H]1C=CC(C(=O)O)=CC1. The van der Waals surface area contributed by atoms with Gasteiger partial charge in [0.1, 0.15) is 0 Å². The summed E-state index contributed by atoms with van der Waals surface area (Å²) in [5.41, 5.74) is 1.79. The molecule has 1 aliphatic carbocycles. The summed E-state index contributed by atoms with van der Waals surface area (Å²) in [7, 11) is 0. The Hall–Kier alpha value is -1.31. The highest BCUT2D eigenvalue weighted by molar-refractivity contribution is 5.90. The van der Waals surface area contributed by atoms with Crippen LogP contribution in [0.2, 0.25) is 0 Å². The summed E-state index contributed by atoms with van der Waals surface area (Å²) in [4.78, 5) is 10.8. The minimum Gasteiger partial charge on any atom is -0.478 e. The van der Waals surface area contributed by atoms with Crippen LogP contribution in [0.4, 0.5) is 0 Å². The van der Waals surface area contributed by atoms with E-state index in [1.54, 1.807) is 6.08 Å². The van der Waals surface area contributed by atoms with Gasteiger partial charge in [0.25, 0.3) is 0 Å². The molecule has 1 rings (SSSR count). The fourth-order valence-electron chi connectivity index (χ4n) is 2.07. The lowest BCUT2D eigenvalue weighted by molar-refractivity contribution is -0.132. The zero-order valence-electron chi connectivity index (χ0n) is 10.9. The van der Waals surface area contributed by atoms with E-state index in [9.17, 15) is 4.79 Å². The first-order valence-electron chi connectivity index (χ1n) is 6.25. The smallest absolute Gasteiger partial charge is 0.335 e. The second-order valence-corrected chi connectivity index (χ2v) is 5.06. The van der Waals surface area contributed by atoms with Gasteiger partial charge in [-0.05, 0) is 44.9 Å². The molecule has 17 heavy (non-hydrogen) atoms. The molecule has 0 spiro atoms. The van der Waals surface area contributed by atoms with Crippen molar-refractivity contribution in [3.63, 3.8) is 0 Å². The van der Waals surface area contributed by atoms with Gasteiger partial charge in [-0.25, -0.2) is 4.79 Å². The van der Waals surface area contributed by atoms with Crippen LogP contribution >= 0.6 is 0 Å². The van der Waals surface area contributed by atoms with Crippen molar-refractivity contribution in [3.05, 3.63) is 35.5 Å². The van der Waals surface area contributed by atoms with Crippen LogP contribution in [0.25, 0.3) is 0 Å². The molecule has 1 N–H and O–H groups in total. The topological polar surface area (TPSA) is 37.3 Å². The number of hydrogen-bond donors (Lipinski definition) is 1. The van der Waals surface area contributed by atoms with Gasteiger partial charge in [-0.15, -0.1) is 0 Å². The fourth-order valence-corrected chi connectivity index (χ4v) is 2.07. The molecule has 0 aromatic heterocycles. The van der Waals surface area contributed by atoms with Crippen molar-refractivity contribution >= 4 is 5.97 Å². The first-order valence-corrected chi connectivity index (χ1v) is 6.25. The number of carbonyl (C=O) groups is 1. The monoisotopic (exact) mass is 234 g/mol. The van der Waals surface area contributed by atoms with E-state index in [0.29, 0.717) is 17.4 Å². The Kier molecular flexibility index (Phi) is 5.20. The standard InChI is InChI=1S/C15H22O2/c1-11(2)5-4-6-12(3)13-7-9-14(10-8-13)15(16)17/h5,7,9-10,12-13H,4,6,8H2,1-3H3,(H,16,17)/t12-,13+/m0/s1. The van der Waals surface area contributed by atoms with Crippen LogP contribution in [-0.4, -0.2) is 11.1 Å². The number of carboxylic acid groups (broad SMARTS) is 1. The van der Waals surface area contributed by atoms with Crippen molar-refractivity contribution in [2.24, 2.45) is 11.8 Å². The lowest BCUT2D eigenvalue weighted by Gasteiger charge is -2.21. The Balaban J connectivity index is 2.42. The zero-order chi connectivity index (χ0) is 12.8. The first kappa shape index (κ1) is 13.8. The molecule has 0 heterocycles. The highest BCUT2D eigenvalue weighted by atomic mass is 16.4. The maximum absolute atomic E-state index is 10.8. The van der Waals surface area contributed by atoms with Crippen LogP contribution in [0.3, 0.4) is 0 Å². The van der Waals surface area contributed by atoms with Crippen molar-refractivity contribution in [1.29, 1.82) is 0 Å². The predicted octanol–water partition coefficient (Wildman–Crippen LogP) is 3.96. The second kappa shape index (κ2) is 6.43. The maximum Gasteiger partial charge on any atom is 0.335 e. The molecule has 2 atom stereocenters. The molecule has 0 aromatic carbocycles. The van der Waals surface area contributed by atoms with Gasteiger partial charge < -0.3 is 5.11 Å². The van der Waals surface area contributed by atoms with E-state index in [1.165, 1.54) is 5.57 Å². The quantitative estimate of drug-likeness (QED) is 0.731. The number of rotatable bonds is 5. The predicted molar refractivity (Wildman–Crippen MR) is 70.8 cm³/mol. The van der Waals surface area contributed by atoms with Crippen LogP contribution in [0.1, 0.15) is 40.0 Å². The summed E-state index contributed by atoms with van der Waals surface area (Å²) >= 11 is 0. The summed E-state index contributed by atoms with van der Waals surface area (Å²) in [5.74, 6) is 0.272. The van der Waals surface area contributed by atoms with Gasteiger partial charge in [0.05, 0.1) is 5.57 Å². The van der Waals surface area contributed by atoms with E-state index < -0.39 is 5.97 Å². The normalized spacial score (nSPS) is 20.6. The molecule has 2 nitrogen and oxygen atoms in total. The molecule has 0 saturated carbocycles. The Bertz CT molecular complexity index is 357. The van der Waals surface area contributed by atoms with Gasteiger partial charge in [0.2, 0.25) is 0 Å². The molecule has 0 amide bonds. The van der Waals surface area contributed by atoms with Crippen LogP contribution < -0.4 is 0 Å². The highest BCUT2D eigenvalue weighted by Gasteiger charge is 2.17. The molecule has 94 valence electrons. The lowest BCUT2D eigenvalue weighted by Crippen LogP contribution is -2.12. The first-order chi connectivity index (χ1) is 8.00. The Morgan fingerprint density at radius 3 is 2.76 bits per heavy atom. The molecule has 0 unspecified atom stereocenters. The van der Waals surface area contributed by atoms with E-state index in [4.69, 9.17) is 5.11 Å². The summed E-state index contributed by atoms with van der Waals surface area (Å²) in [6.45, 7) is 6.48.